The van der Waals surface area contributed by atoms with Gasteiger partial charge in [0.25, 0.3) is 0 Å². The molecular weight excluding hydrogens is 306 g/mol. The molecule has 0 aliphatic carbocycles. The third-order valence-corrected chi connectivity index (χ3v) is 5.59. The first kappa shape index (κ1) is 16.2. The van der Waals surface area contributed by atoms with Crippen LogP contribution in [0.3, 0.4) is 0 Å². The molecule has 2 aromatic rings. The molecule has 1 atom stereocenters. The molecule has 1 aliphatic rings. The Labute approximate surface area is 141 Å². The quantitative estimate of drug-likeness (QED) is 0.860. The number of hydrogen-bond acceptors (Lipinski definition) is 4. The van der Waals surface area contributed by atoms with Crippen LogP contribution in [0, 0.1) is 6.92 Å². The molecule has 0 bridgehead atoms. The number of benzene rings is 1. The van der Waals surface area contributed by atoms with Gasteiger partial charge in [-0.15, -0.1) is 11.8 Å². The van der Waals surface area contributed by atoms with Gasteiger partial charge in [-0.2, -0.15) is 0 Å². The first-order valence-corrected chi connectivity index (χ1v) is 9.25. The van der Waals surface area contributed by atoms with Gasteiger partial charge in [-0.25, -0.2) is 9.97 Å². The summed E-state index contributed by atoms with van der Waals surface area (Å²) in [7, 11) is 0. The number of carbonyl (C=O) groups excluding carboxylic acids is 1. The Morgan fingerprint density at radius 1 is 1.26 bits per heavy atom. The van der Waals surface area contributed by atoms with Crippen molar-refractivity contribution < 1.29 is 4.79 Å². The number of aryl methyl sites for hydroxylation is 1. The fourth-order valence-electron chi connectivity index (χ4n) is 2.97. The standard InChI is InChI=1S/C18H23N3OS/c1-12(2)21-10-6-9-17(18(21)22)23-11-16-13(3)19-14-7-4-5-8-15(14)20-16/h4-5,7-8,12,17H,6,9-11H2,1-3H3. The predicted octanol–water partition coefficient (Wildman–Crippen LogP) is 3.57. The number of nitrogens with zero attached hydrogens (tertiary/aromatic N) is 3. The van der Waals surface area contributed by atoms with Crippen LogP contribution < -0.4 is 0 Å². The zero-order valence-corrected chi connectivity index (χ0v) is 14.8. The minimum Gasteiger partial charge on any atom is -0.339 e. The molecule has 1 aromatic heterocycles. The van der Waals surface area contributed by atoms with Gasteiger partial charge in [0, 0.05) is 18.3 Å². The highest BCUT2D eigenvalue weighted by molar-refractivity contribution is 7.99. The first-order valence-electron chi connectivity index (χ1n) is 8.20. The topological polar surface area (TPSA) is 46.1 Å². The molecule has 1 aliphatic heterocycles. The highest BCUT2D eigenvalue weighted by Crippen LogP contribution is 2.28. The molecular formula is C18H23N3OS. The van der Waals surface area contributed by atoms with Gasteiger partial charge in [-0.05, 0) is 45.7 Å². The van der Waals surface area contributed by atoms with Crippen molar-refractivity contribution in [2.75, 3.05) is 6.54 Å². The largest absolute Gasteiger partial charge is 0.339 e. The molecule has 1 amide bonds. The van der Waals surface area contributed by atoms with Crippen molar-refractivity contribution in [3.05, 3.63) is 35.7 Å². The summed E-state index contributed by atoms with van der Waals surface area (Å²) in [5, 5.41) is 0.0545. The fourth-order valence-corrected chi connectivity index (χ4v) is 4.22. The van der Waals surface area contributed by atoms with Gasteiger partial charge >= 0.3 is 0 Å². The maximum Gasteiger partial charge on any atom is 0.235 e. The van der Waals surface area contributed by atoms with Gasteiger partial charge in [0.2, 0.25) is 5.91 Å². The van der Waals surface area contributed by atoms with E-state index in [0.717, 1.165) is 47.6 Å². The monoisotopic (exact) mass is 329 g/mol. The molecule has 122 valence electrons. The van der Waals surface area contributed by atoms with Gasteiger partial charge in [0.1, 0.15) is 0 Å². The van der Waals surface area contributed by atoms with Crippen LogP contribution in [-0.2, 0) is 10.5 Å². The first-order chi connectivity index (χ1) is 11.1. The van der Waals surface area contributed by atoms with E-state index in [4.69, 9.17) is 4.98 Å². The van der Waals surface area contributed by atoms with Gasteiger partial charge in [-0.3, -0.25) is 4.79 Å². The van der Waals surface area contributed by atoms with E-state index < -0.39 is 0 Å². The molecule has 2 heterocycles. The Kier molecular flexibility index (Phi) is 4.85. The molecule has 1 aromatic carbocycles. The van der Waals surface area contributed by atoms with Gasteiger partial charge < -0.3 is 4.90 Å². The molecule has 1 saturated heterocycles. The van der Waals surface area contributed by atoms with Crippen LogP contribution in [0.2, 0.25) is 0 Å². The van der Waals surface area contributed by atoms with E-state index in [1.54, 1.807) is 11.8 Å². The molecule has 0 N–H and O–H groups in total. The van der Waals surface area contributed by atoms with Gasteiger partial charge in [0.05, 0.1) is 27.7 Å². The summed E-state index contributed by atoms with van der Waals surface area (Å²) in [6.07, 6.45) is 2.05. The summed E-state index contributed by atoms with van der Waals surface area (Å²) in [4.78, 5) is 23.9. The fraction of sp³-hybridized carbons (Fsp3) is 0.500. The van der Waals surface area contributed by atoms with E-state index in [1.165, 1.54) is 0 Å². The number of para-hydroxylation sites is 2. The van der Waals surface area contributed by atoms with E-state index >= 15 is 0 Å². The van der Waals surface area contributed by atoms with Crippen LogP contribution in [0.1, 0.15) is 38.1 Å². The lowest BCUT2D eigenvalue weighted by molar-refractivity contribution is -0.134. The Morgan fingerprint density at radius 2 is 1.96 bits per heavy atom. The van der Waals surface area contributed by atoms with Crippen LogP contribution in [0.15, 0.2) is 24.3 Å². The third kappa shape index (κ3) is 3.50. The Balaban J connectivity index is 1.73. The zero-order valence-electron chi connectivity index (χ0n) is 14.0. The van der Waals surface area contributed by atoms with E-state index in [9.17, 15) is 4.79 Å². The number of piperidine rings is 1. The second-order valence-corrected chi connectivity index (χ2v) is 7.50. The Hall–Kier alpha value is -1.62. The van der Waals surface area contributed by atoms with E-state index in [0.29, 0.717) is 0 Å². The summed E-state index contributed by atoms with van der Waals surface area (Å²) >= 11 is 1.71. The molecule has 3 rings (SSSR count). The maximum atomic E-state index is 12.6. The number of amides is 1. The average molecular weight is 329 g/mol. The van der Waals surface area contributed by atoms with Crippen molar-refractivity contribution in [1.29, 1.82) is 0 Å². The van der Waals surface area contributed by atoms with Crippen LogP contribution >= 0.6 is 11.8 Å². The predicted molar refractivity (Wildman–Crippen MR) is 95.4 cm³/mol. The summed E-state index contributed by atoms with van der Waals surface area (Å²) in [6, 6.07) is 8.22. The van der Waals surface area contributed by atoms with E-state index in [2.05, 4.69) is 18.8 Å². The lowest BCUT2D eigenvalue weighted by Gasteiger charge is -2.34. The molecule has 0 spiro atoms. The van der Waals surface area contributed by atoms with Crippen LogP contribution in [0.5, 0.6) is 0 Å². The smallest absolute Gasteiger partial charge is 0.235 e. The van der Waals surface area contributed by atoms with Crippen LogP contribution in [0.25, 0.3) is 11.0 Å². The molecule has 1 unspecified atom stereocenters. The Morgan fingerprint density at radius 3 is 2.65 bits per heavy atom. The number of fused-ring (bicyclic) bond motifs is 1. The summed E-state index contributed by atoms with van der Waals surface area (Å²) < 4.78 is 0. The lowest BCUT2D eigenvalue weighted by atomic mass is 10.1. The van der Waals surface area contributed by atoms with E-state index in [-0.39, 0.29) is 17.2 Å². The number of rotatable bonds is 4. The average Bonchev–Trinajstić information content (AvgIpc) is 2.53. The highest BCUT2D eigenvalue weighted by Gasteiger charge is 2.30. The number of likely N-dealkylation sites (tertiary alicyclic amines) is 1. The zero-order chi connectivity index (χ0) is 16.4. The third-order valence-electron chi connectivity index (χ3n) is 4.31. The number of aromatic nitrogens is 2. The van der Waals surface area contributed by atoms with Crippen molar-refractivity contribution in [1.82, 2.24) is 14.9 Å². The van der Waals surface area contributed by atoms with Crippen molar-refractivity contribution in [3.63, 3.8) is 0 Å². The number of thioether (sulfide) groups is 1. The maximum absolute atomic E-state index is 12.6. The summed E-state index contributed by atoms with van der Waals surface area (Å²) in [5.74, 6) is 1.02. The molecule has 0 saturated carbocycles. The van der Waals surface area contributed by atoms with Gasteiger partial charge in [0.15, 0.2) is 0 Å². The summed E-state index contributed by atoms with van der Waals surface area (Å²) in [6.45, 7) is 7.06. The Bertz CT molecular complexity index is 716. The SMILES string of the molecule is Cc1nc2ccccc2nc1CSC1CCCN(C(C)C)C1=O. The van der Waals surface area contributed by atoms with Crippen molar-refractivity contribution in [2.45, 2.75) is 50.7 Å². The van der Waals surface area contributed by atoms with Crippen molar-refractivity contribution >= 4 is 28.7 Å². The second-order valence-electron chi connectivity index (χ2n) is 6.31. The van der Waals surface area contributed by atoms with Crippen LogP contribution in [-0.4, -0.2) is 38.6 Å². The molecule has 0 radical (unpaired) electrons. The van der Waals surface area contributed by atoms with E-state index in [1.807, 2.05) is 36.1 Å². The molecule has 23 heavy (non-hydrogen) atoms. The van der Waals surface area contributed by atoms with Crippen molar-refractivity contribution in [3.8, 4) is 0 Å². The normalized spacial score (nSPS) is 18.9. The number of carbonyl (C=O) groups is 1. The molecule has 1 fully saturated rings. The second kappa shape index (κ2) is 6.87. The summed E-state index contributed by atoms with van der Waals surface area (Å²) in [5.41, 5.74) is 3.80. The minimum absolute atomic E-state index is 0.0545. The van der Waals surface area contributed by atoms with Crippen molar-refractivity contribution in [2.24, 2.45) is 0 Å². The highest BCUT2D eigenvalue weighted by atomic mass is 32.2. The number of hydrogen-bond donors (Lipinski definition) is 0. The lowest BCUT2D eigenvalue weighted by Crippen LogP contribution is -2.46. The van der Waals surface area contributed by atoms with Crippen LogP contribution in [0.4, 0.5) is 0 Å². The molecule has 5 heteroatoms. The minimum atomic E-state index is 0.0545. The van der Waals surface area contributed by atoms with Gasteiger partial charge in [-0.1, -0.05) is 12.1 Å². The molecule has 4 nitrogen and oxygen atoms in total.